The average molecular weight is 243 g/mol. The minimum atomic E-state index is -0.595. The van der Waals surface area contributed by atoms with Gasteiger partial charge in [0.15, 0.2) is 0 Å². The van der Waals surface area contributed by atoms with Crippen LogP contribution >= 0.6 is 11.8 Å². The Morgan fingerprint density at radius 1 is 1.25 bits per heavy atom. The van der Waals surface area contributed by atoms with Crippen molar-refractivity contribution in [2.45, 2.75) is 36.1 Å². The molecular formula is C12H15F2NS. The maximum Gasteiger partial charge on any atom is 0.144 e. The molecule has 4 heteroatoms. The largest absolute Gasteiger partial charge is 0.321 e. The van der Waals surface area contributed by atoms with Gasteiger partial charge in [0.25, 0.3) is 0 Å². The maximum atomic E-state index is 14.1. The van der Waals surface area contributed by atoms with Gasteiger partial charge in [-0.25, -0.2) is 8.78 Å². The normalized spacial score (nSPS) is 19.0. The van der Waals surface area contributed by atoms with Crippen molar-refractivity contribution in [3.05, 3.63) is 29.3 Å². The van der Waals surface area contributed by atoms with Crippen LogP contribution in [0.15, 0.2) is 17.0 Å². The Bertz CT molecular complexity index is 400. The lowest BCUT2D eigenvalue weighted by molar-refractivity contribution is 0.420. The smallest absolute Gasteiger partial charge is 0.144 e. The van der Waals surface area contributed by atoms with Crippen molar-refractivity contribution in [1.29, 1.82) is 0 Å². The minimum Gasteiger partial charge on any atom is -0.321 e. The van der Waals surface area contributed by atoms with Gasteiger partial charge in [0, 0.05) is 11.1 Å². The molecule has 2 rings (SSSR count). The van der Waals surface area contributed by atoms with Crippen LogP contribution in [0.1, 0.15) is 31.2 Å². The molecule has 0 aromatic heterocycles. The third kappa shape index (κ3) is 1.84. The minimum absolute atomic E-state index is 0.0780. The summed E-state index contributed by atoms with van der Waals surface area (Å²) in [6, 6.07) is 2.81. The van der Waals surface area contributed by atoms with Crippen molar-refractivity contribution in [3.63, 3.8) is 0 Å². The van der Waals surface area contributed by atoms with E-state index in [1.165, 1.54) is 12.1 Å². The molecule has 88 valence electrons. The van der Waals surface area contributed by atoms with Crippen LogP contribution in [-0.4, -0.2) is 6.26 Å². The van der Waals surface area contributed by atoms with Crippen LogP contribution in [0.25, 0.3) is 0 Å². The molecule has 0 spiro atoms. The molecule has 1 aliphatic rings. The summed E-state index contributed by atoms with van der Waals surface area (Å²) < 4.78 is 27.4. The van der Waals surface area contributed by atoms with E-state index in [9.17, 15) is 8.78 Å². The number of benzene rings is 1. The first-order valence-electron chi connectivity index (χ1n) is 5.40. The lowest BCUT2D eigenvalue weighted by atomic mass is 9.89. The summed E-state index contributed by atoms with van der Waals surface area (Å²) in [5, 5.41) is 0. The zero-order valence-corrected chi connectivity index (χ0v) is 10.0. The molecule has 1 saturated carbocycles. The Labute approximate surface area is 98.4 Å². The number of thioether (sulfide) groups is 1. The Hall–Kier alpha value is -0.610. The molecule has 2 N–H and O–H groups in total. The van der Waals surface area contributed by atoms with E-state index in [-0.39, 0.29) is 4.90 Å². The zero-order chi connectivity index (χ0) is 11.8. The fourth-order valence-electron chi connectivity index (χ4n) is 2.38. The summed E-state index contributed by atoms with van der Waals surface area (Å²) in [4.78, 5) is 0.0780. The molecule has 1 aromatic carbocycles. The van der Waals surface area contributed by atoms with Gasteiger partial charge >= 0.3 is 0 Å². The number of halogens is 2. The molecule has 1 aliphatic carbocycles. The first kappa shape index (κ1) is 11.9. The van der Waals surface area contributed by atoms with Gasteiger partial charge in [-0.2, -0.15) is 0 Å². The van der Waals surface area contributed by atoms with Gasteiger partial charge in [-0.3, -0.25) is 0 Å². The third-order valence-electron chi connectivity index (χ3n) is 3.29. The quantitative estimate of drug-likeness (QED) is 0.805. The van der Waals surface area contributed by atoms with Crippen molar-refractivity contribution in [3.8, 4) is 0 Å². The molecule has 0 amide bonds. The topological polar surface area (TPSA) is 26.0 Å². The van der Waals surface area contributed by atoms with E-state index in [0.717, 1.165) is 37.4 Å². The predicted molar refractivity (Wildman–Crippen MR) is 62.5 cm³/mol. The second kappa shape index (κ2) is 4.34. The highest BCUT2D eigenvalue weighted by Crippen LogP contribution is 2.39. The summed E-state index contributed by atoms with van der Waals surface area (Å²) in [5.41, 5.74) is 6.06. The number of hydrogen-bond acceptors (Lipinski definition) is 2. The molecule has 0 radical (unpaired) electrons. The van der Waals surface area contributed by atoms with Gasteiger partial charge in [-0.05, 0) is 25.2 Å². The monoisotopic (exact) mass is 243 g/mol. The number of rotatable bonds is 2. The summed E-state index contributed by atoms with van der Waals surface area (Å²) in [6.45, 7) is 0. The molecule has 0 saturated heterocycles. The van der Waals surface area contributed by atoms with Gasteiger partial charge in [0.05, 0.1) is 4.90 Å². The van der Waals surface area contributed by atoms with E-state index in [1.807, 2.05) is 0 Å². The van der Waals surface area contributed by atoms with Crippen LogP contribution in [0, 0.1) is 11.6 Å². The van der Waals surface area contributed by atoms with Crippen LogP contribution < -0.4 is 5.73 Å². The summed E-state index contributed by atoms with van der Waals surface area (Å²) in [7, 11) is 0. The molecule has 0 unspecified atom stereocenters. The highest BCUT2D eigenvalue weighted by atomic mass is 32.2. The van der Waals surface area contributed by atoms with E-state index in [0.29, 0.717) is 5.56 Å². The second-order valence-corrected chi connectivity index (χ2v) is 5.12. The lowest BCUT2D eigenvalue weighted by Gasteiger charge is -2.25. The van der Waals surface area contributed by atoms with E-state index in [4.69, 9.17) is 5.73 Å². The van der Waals surface area contributed by atoms with Crippen molar-refractivity contribution < 1.29 is 8.78 Å². The predicted octanol–water partition coefficient (Wildman–Crippen LogP) is 3.41. The van der Waals surface area contributed by atoms with Crippen molar-refractivity contribution in [2.75, 3.05) is 6.26 Å². The van der Waals surface area contributed by atoms with Crippen molar-refractivity contribution >= 4 is 11.8 Å². The maximum absolute atomic E-state index is 14.1. The highest BCUT2D eigenvalue weighted by molar-refractivity contribution is 7.98. The van der Waals surface area contributed by atoms with Crippen LogP contribution in [0.3, 0.4) is 0 Å². The average Bonchev–Trinajstić information content (AvgIpc) is 2.66. The van der Waals surface area contributed by atoms with E-state index >= 15 is 0 Å². The molecule has 1 aromatic rings. The number of hydrogen-bond donors (Lipinski definition) is 1. The highest BCUT2D eigenvalue weighted by Gasteiger charge is 2.34. The van der Waals surface area contributed by atoms with Crippen LogP contribution in [0.2, 0.25) is 0 Å². The summed E-state index contributed by atoms with van der Waals surface area (Å²) in [6.07, 6.45) is 5.26. The van der Waals surface area contributed by atoms with E-state index in [1.54, 1.807) is 6.26 Å². The first-order valence-corrected chi connectivity index (χ1v) is 6.62. The van der Waals surface area contributed by atoms with Gasteiger partial charge < -0.3 is 5.73 Å². The summed E-state index contributed by atoms with van der Waals surface area (Å²) in [5.74, 6) is -0.979. The van der Waals surface area contributed by atoms with Crippen LogP contribution in [0.4, 0.5) is 8.78 Å². The third-order valence-corrected chi connectivity index (χ3v) is 4.07. The molecule has 0 bridgehead atoms. The lowest BCUT2D eigenvalue weighted by Crippen LogP contribution is -2.34. The Balaban J connectivity index is 2.49. The Morgan fingerprint density at radius 3 is 2.44 bits per heavy atom. The first-order chi connectivity index (χ1) is 7.58. The zero-order valence-electron chi connectivity index (χ0n) is 9.22. The second-order valence-electron chi connectivity index (χ2n) is 4.31. The molecule has 0 atom stereocenters. The van der Waals surface area contributed by atoms with Crippen molar-refractivity contribution in [1.82, 2.24) is 0 Å². The van der Waals surface area contributed by atoms with Crippen LogP contribution in [0.5, 0.6) is 0 Å². The van der Waals surface area contributed by atoms with E-state index < -0.39 is 17.2 Å². The molecule has 16 heavy (non-hydrogen) atoms. The summed E-state index contributed by atoms with van der Waals surface area (Å²) >= 11 is 1.09. The van der Waals surface area contributed by atoms with E-state index in [2.05, 4.69) is 0 Å². The molecule has 0 aliphatic heterocycles. The number of nitrogens with two attached hydrogens (primary N) is 1. The molecule has 1 fully saturated rings. The van der Waals surface area contributed by atoms with Gasteiger partial charge in [-0.15, -0.1) is 11.8 Å². The fourth-order valence-corrected chi connectivity index (χ4v) is 2.93. The molecule has 1 nitrogen and oxygen atoms in total. The molecule has 0 heterocycles. The van der Waals surface area contributed by atoms with Gasteiger partial charge in [-0.1, -0.05) is 18.9 Å². The molecular weight excluding hydrogens is 228 g/mol. The van der Waals surface area contributed by atoms with Crippen molar-refractivity contribution in [2.24, 2.45) is 5.73 Å². The fraction of sp³-hybridized carbons (Fsp3) is 0.500. The SMILES string of the molecule is CSc1c(F)ccc(C2(N)CCCC2)c1F. The Kier molecular flexibility index (Phi) is 3.22. The Morgan fingerprint density at radius 2 is 1.88 bits per heavy atom. The van der Waals surface area contributed by atoms with Gasteiger partial charge in [0.1, 0.15) is 11.6 Å². The van der Waals surface area contributed by atoms with Gasteiger partial charge in [0.2, 0.25) is 0 Å². The van der Waals surface area contributed by atoms with Crippen LogP contribution in [-0.2, 0) is 5.54 Å². The standard InChI is InChI=1S/C12H15F2NS/c1-16-11-9(13)5-4-8(10(11)14)12(15)6-2-3-7-12/h4-5H,2-3,6-7,15H2,1H3.